The Balaban J connectivity index is 2.06. The molecule has 0 spiro atoms. The second-order valence-electron chi connectivity index (χ2n) is 4.67. The lowest BCUT2D eigenvalue weighted by Gasteiger charge is -2.10. The molecule has 0 aromatic carbocycles. The summed E-state index contributed by atoms with van der Waals surface area (Å²) in [7, 11) is -5.86. The van der Waals surface area contributed by atoms with Gasteiger partial charge in [-0.05, 0) is 6.42 Å². The largest absolute Gasteiger partial charge is 0.468 e. The number of methoxy groups -OCH3 is 1. The lowest BCUT2D eigenvalue weighted by Crippen LogP contribution is -2.28. The van der Waals surface area contributed by atoms with Crippen LogP contribution in [0.5, 0.6) is 0 Å². The fourth-order valence-corrected chi connectivity index (χ4v) is 6.01. The van der Waals surface area contributed by atoms with E-state index in [9.17, 15) is 21.6 Å². The molecule has 1 aromatic heterocycles. The number of hydrogen-bond donors (Lipinski definition) is 1. The van der Waals surface area contributed by atoms with Crippen LogP contribution < -0.4 is 4.72 Å². The molecule has 1 unspecified atom stereocenters. The fraction of sp³-hybridized carbons (Fsp3) is 0.600. The predicted octanol–water partition coefficient (Wildman–Crippen LogP) is -1.02. The molecule has 1 aliphatic rings. The second kappa shape index (κ2) is 5.64. The van der Waals surface area contributed by atoms with Gasteiger partial charge in [0.25, 0.3) is 0 Å². The van der Waals surface area contributed by atoms with Crippen molar-refractivity contribution in [2.45, 2.75) is 18.2 Å². The summed E-state index contributed by atoms with van der Waals surface area (Å²) in [6.45, 7) is -0.143. The maximum Gasteiger partial charge on any atom is 0.327 e. The van der Waals surface area contributed by atoms with E-state index in [-0.39, 0.29) is 30.2 Å². The summed E-state index contributed by atoms with van der Waals surface area (Å²) in [5.74, 6) is -1.02. The Kier molecular flexibility index (Phi) is 4.23. The molecule has 21 heavy (non-hydrogen) atoms. The monoisotopic (exact) mass is 337 g/mol. The minimum absolute atomic E-state index is 0.0773. The molecule has 1 atom stereocenters. The highest BCUT2D eigenvalue weighted by Gasteiger charge is 2.37. The van der Waals surface area contributed by atoms with Crippen LogP contribution in [0.15, 0.2) is 12.4 Å². The van der Waals surface area contributed by atoms with Crippen LogP contribution in [0.2, 0.25) is 0 Å². The first-order valence-electron chi connectivity index (χ1n) is 6.03. The molecule has 1 fully saturated rings. The number of carbonyl (C=O) groups is 1. The molecule has 0 bridgehead atoms. The Hall–Kier alpha value is -1.62. The quantitative estimate of drug-likeness (QED) is 0.682. The van der Waals surface area contributed by atoms with Crippen LogP contribution in [0.1, 0.15) is 6.42 Å². The summed E-state index contributed by atoms with van der Waals surface area (Å²) >= 11 is 0. The van der Waals surface area contributed by atoms with Crippen molar-refractivity contribution in [3.05, 3.63) is 12.4 Å². The van der Waals surface area contributed by atoms with Gasteiger partial charge in [0, 0.05) is 6.20 Å². The van der Waals surface area contributed by atoms with E-state index in [0.29, 0.717) is 0 Å². The predicted molar refractivity (Wildman–Crippen MR) is 73.8 cm³/mol. The molecule has 9 nitrogen and oxygen atoms in total. The smallest absolute Gasteiger partial charge is 0.327 e. The molecular weight excluding hydrogens is 322 g/mol. The van der Waals surface area contributed by atoms with Gasteiger partial charge in [-0.15, -0.1) is 0 Å². The minimum Gasteiger partial charge on any atom is -0.468 e. The molecule has 1 saturated heterocycles. The van der Waals surface area contributed by atoms with Crippen LogP contribution >= 0.6 is 0 Å². The average molecular weight is 337 g/mol. The molecule has 118 valence electrons. The van der Waals surface area contributed by atoms with E-state index >= 15 is 0 Å². The number of anilines is 1. The first-order valence-corrected chi connectivity index (χ1v) is 9.40. The number of sulfone groups is 1. The van der Waals surface area contributed by atoms with Gasteiger partial charge in [0.05, 0.1) is 35.7 Å². The Labute approximate surface area is 122 Å². The van der Waals surface area contributed by atoms with Gasteiger partial charge >= 0.3 is 5.97 Å². The number of esters is 1. The summed E-state index contributed by atoms with van der Waals surface area (Å²) in [6.07, 6.45) is 2.65. The third-order valence-corrected chi connectivity index (χ3v) is 6.82. The third kappa shape index (κ3) is 3.94. The van der Waals surface area contributed by atoms with Gasteiger partial charge in [-0.1, -0.05) is 0 Å². The van der Waals surface area contributed by atoms with E-state index in [4.69, 9.17) is 0 Å². The Bertz CT molecular complexity index is 737. The number of ether oxygens (including phenoxy) is 1. The fourth-order valence-electron chi connectivity index (χ4n) is 1.95. The number of sulfonamides is 1. The highest BCUT2D eigenvalue weighted by atomic mass is 32.2. The van der Waals surface area contributed by atoms with E-state index in [1.165, 1.54) is 24.2 Å². The maximum atomic E-state index is 12.1. The number of nitrogens with zero attached hydrogens (tertiary/aromatic N) is 2. The number of nitrogens with one attached hydrogen (secondary N) is 1. The van der Waals surface area contributed by atoms with Crippen molar-refractivity contribution in [3.8, 4) is 0 Å². The van der Waals surface area contributed by atoms with Crippen molar-refractivity contribution in [2.24, 2.45) is 0 Å². The second-order valence-corrected chi connectivity index (χ2v) is 8.86. The van der Waals surface area contributed by atoms with Crippen molar-refractivity contribution in [3.63, 3.8) is 0 Å². The van der Waals surface area contributed by atoms with E-state index in [1.54, 1.807) is 0 Å². The van der Waals surface area contributed by atoms with Crippen molar-refractivity contribution < 1.29 is 26.4 Å². The Morgan fingerprint density at radius 2 is 2.29 bits per heavy atom. The topological polar surface area (TPSA) is 124 Å². The van der Waals surface area contributed by atoms with E-state index in [0.717, 1.165) is 0 Å². The number of rotatable bonds is 5. The van der Waals surface area contributed by atoms with Crippen molar-refractivity contribution in [2.75, 3.05) is 23.3 Å². The van der Waals surface area contributed by atoms with Gasteiger partial charge in [0.1, 0.15) is 6.54 Å². The van der Waals surface area contributed by atoms with Crippen molar-refractivity contribution in [1.29, 1.82) is 0 Å². The van der Waals surface area contributed by atoms with Gasteiger partial charge in [-0.25, -0.2) is 16.8 Å². The third-order valence-electron chi connectivity index (χ3n) is 3.04. The highest BCUT2D eigenvalue weighted by molar-refractivity contribution is 7.97. The molecule has 2 heterocycles. The Morgan fingerprint density at radius 1 is 1.57 bits per heavy atom. The van der Waals surface area contributed by atoms with Gasteiger partial charge in [0.2, 0.25) is 10.0 Å². The zero-order chi connectivity index (χ0) is 15.7. The maximum absolute atomic E-state index is 12.1. The summed E-state index contributed by atoms with van der Waals surface area (Å²) in [4.78, 5) is 11.1. The molecule has 1 aliphatic heterocycles. The van der Waals surface area contributed by atoms with Crippen LogP contribution in [0.3, 0.4) is 0 Å². The molecule has 1 aromatic rings. The number of aromatic nitrogens is 2. The zero-order valence-corrected chi connectivity index (χ0v) is 12.9. The summed E-state index contributed by atoms with van der Waals surface area (Å²) < 4.78 is 54.8. The van der Waals surface area contributed by atoms with Crippen LogP contribution in [0.25, 0.3) is 0 Å². The Morgan fingerprint density at radius 3 is 2.86 bits per heavy atom. The van der Waals surface area contributed by atoms with Crippen molar-refractivity contribution >= 4 is 31.5 Å². The molecule has 0 aliphatic carbocycles. The van der Waals surface area contributed by atoms with Crippen molar-refractivity contribution in [1.82, 2.24) is 9.78 Å². The lowest BCUT2D eigenvalue weighted by atomic mass is 10.4. The van der Waals surface area contributed by atoms with Crippen LogP contribution in [-0.2, 0) is 35.9 Å². The van der Waals surface area contributed by atoms with Gasteiger partial charge in [0.15, 0.2) is 9.84 Å². The highest BCUT2D eigenvalue weighted by Crippen LogP contribution is 2.21. The summed E-state index contributed by atoms with van der Waals surface area (Å²) in [6, 6.07) is 0. The summed E-state index contributed by atoms with van der Waals surface area (Å²) in [5, 5.41) is 2.85. The van der Waals surface area contributed by atoms with Crippen LogP contribution in [-0.4, -0.2) is 56.5 Å². The minimum atomic E-state index is -3.80. The van der Waals surface area contributed by atoms with E-state index in [1.807, 2.05) is 0 Å². The first-order chi connectivity index (χ1) is 9.72. The van der Waals surface area contributed by atoms with Crippen LogP contribution in [0.4, 0.5) is 5.69 Å². The lowest BCUT2D eigenvalue weighted by molar-refractivity contribution is -0.141. The first kappa shape index (κ1) is 15.8. The summed E-state index contributed by atoms with van der Waals surface area (Å²) in [5.41, 5.74) is 0.170. The normalized spacial score (nSPS) is 21.1. The number of hydrogen-bond acceptors (Lipinski definition) is 7. The molecule has 1 N–H and O–H groups in total. The van der Waals surface area contributed by atoms with Gasteiger partial charge < -0.3 is 4.74 Å². The molecular formula is C10H15N3O6S2. The van der Waals surface area contributed by atoms with Gasteiger partial charge in [-0.2, -0.15) is 5.10 Å². The molecule has 0 saturated carbocycles. The molecule has 2 rings (SSSR count). The van der Waals surface area contributed by atoms with Gasteiger partial charge in [-0.3, -0.25) is 14.2 Å². The molecule has 0 radical (unpaired) electrons. The molecule has 11 heteroatoms. The van der Waals surface area contributed by atoms with E-state index in [2.05, 4.69) is 14.6 Å². The molecule has 0 amide bonds. The number of carbonyl (C=O) groups excluding carboxylic acids is 1. The standard InChI is InChI=1S/C10H15N3O6S2/c1-19-10(14)6-13-5-8(4-11-13)12-21(17,18)9-2-3-20(15,16)7-9/h4-5,9,12H,2-3,6-7H2,1H3. The van der Waals surface area contributed by atoms with Crippen LogP contribution in [0, 0.1) is 0 Å². The zero-order valence-electron chi connectivity index (χ0n) is 11.2. The average Bonchev–Trinajstić information content (AvgIpc) is 2.95. The van der Waals surface area contributed by atoms with E-state index < -0.39 is 31.1 Å². The SMILES string of the molecule is COC(=O)Cn1cc(NS(=O)(=O)C2CCS(=O)(=O)C2)cn1.